The summed E-state index contributed by atoms with van der Waals surface area (Å²) in [5, 5.41) is 0.491. The van der Waals surface area contributed by atoms with Crippen LogP contribution in [0.1, 0.15) is 15.9 Å². The van der Waals surface area contributed by atoms with Crippen LogP contribution in [-0.4, -0.2) is 31.0 Å². The van der Waals surface area contributed by atoms with Gasteiger partial charge in [0.05, 0.1) is 0 Å². The molecule has 0 aromatic heterocycles. The minimum absolute atomic E-state index is 0.318. The lowest BCUT2D eigenvalue weighted by atomic mass is 10.2. The van der Waals surface area contributed by atoms with Gasteiger partial charge in [0.1, 0.15) is 5.75 Å². The van der Waals surface area contributed by atoms with E-state index in [-0.39, 0.29) is 6.61 Å². The maximum Gasteiger partial charge on any atom is 0.344 e. The van der Waals surface area contributed by atoms with Crippen LogP contribution in [0, 0.1) is 6.92 Å². The average Bonchev–Trinajstić information content (AvgIpc) is 2.63. The molecule has 0 heterocycles. The lowest BCUT2D eigenvalue weighted by Gasteiger charge is -2.09. The smallest absolute Gasteiger partial charge is 0.344 e. The van der Waals surface area contributed by atoms with Gasteiger partial charge < -0.3 is 9.47 Å². The van der Waals surface area contributed by atoms with E-state index in [1.54, 1.807) is 30.3 Å². The summed E-state index contributed by atoms with van der Waals surface area (Å²) in [5.41, 5.74) is 5.65. The number of carbonyl (C=O) groups is 3. The van der Waals surface area contributed by atoms with Crippen molar-refractivity contribution < 1.29 is 23.9 Å². The fourth-order valence-corrected chi connectivity index (χ4v) is 2.00. The number of halogens is 1. The van der Waals surface area contributed by atoms with Crippen molar-refractivity contribution >= 4 is 29.4 Å². The predicted octanol–water partition coefficient (Wildman–Crippen LogP) is 2.03. The third-order valence-corrected chi connectivity index (χ3v) is 3.38. The number of esters is 1. The molecule has 0 saturated carbocycles. The standard InChI is InChI=1S/C18H17ClN2O5/c1-12-3-2-4-15(9-12)25-11-17(23)26-10-16(22)20-21-18(24)13-5-7-14(19)8-6-13/h2-9H,10-11H2,1H3,(H,20,22)(H,21,24). The molecule has 2 aromatic rings. The molecule has 0 bridgehead atoms. The number of hydrogen-bond acceptors (Lipinski definition) is 5. The Kier molecular flexibility index (Phi) is 6.99. The second kappa shape index (κ2) is 9.43. The van der Waals surface area contributed by atoms with E-state index in [2.05, 4.69) is 10.9 Å². The minimum atomic E-state index is -0.703. The number of hydrazine groups is 1. The van der Waals surface area contributed by atoms with Crippen LogP contribution in [0.25, 0.3) is 0 Å². The van der Waals surface area contributed by atoms with Crippen molar-refractivity contribution in [2.75, 3.05) is 13.2 Å². The number of carbonyl (C=O) groups excluding carboxylic acids is 3. The molecule has 0 saturated heterocycles. The molecular weight excluding hydrogens is 360 g/mol. The first-order valence-corrected chi connectivity index (χ1v) is 8.01. The van der Waals surface area contributed by atoms with Crippen LogP contribution in [-0.2, 0) is 14.3 Å². The van der Waals surface area contributed by atoms with Gasteiger partial charge in [0, 0.05) is 10.6 Å². The topological polar surface area (TPSA) is 93.7 Å². The monoisotopic (exact) mass is 376 g/mol. The molecule has 0 fully saturated rings. The summed E-state index contributed by atoms with van der Waals surface area (Å²) in [4.78, 5) is 35.0. The van der Waals surface area contributed by atoms with E-state index in [0.717, 1.165) is 5.56 Å². The van der Waals surface area contributed by atoms with Crippen LogP contribution in [0.15, 0.2) is 48.5 Å². The van der Waals surface area contributed by atoms with Gasteiger partial charge in [-0.3, -0.25) is 20.4 Å². The Morgan fingerprint density at radius 3 is 2.42 bits per heavy atom. The molecule has 2 rings (SSSR count). The summed E-state index contributed by atoms with van der Waals surface area (Å²) >= 11 is 5.73. The van der Waals surface area contributed by atoms with Crippen LogP contribution < -0.4 is 15.6 Å². The Hall–Kier alpha value is -3.06. The highest BCUT2D eigenvalue weighted by atomic mass is 35.5. The van der Waals surface area contributed by atoms with Gasteiger partial charge in [-0.15, -0.1) is 0 Å². The largest absolute Gasteiger partial charge is 0.482 e. The van der Waals surface area contributed by atoms with Gasteiger partial charge in [0.25, 0.3) is 11.8 Å². The van der Waals surface area contributed by atoms with Gasteiger partial charge >= 0.3 is 5.97 Å². The highest BCUT2D eigenvalue weighted by Crippen LogP contribution is 2.12. The van der Waals surface area contributed by atoms with Crippen LogP contribution in [0.4, 0.5) is 0 Å². The summed E-state index contributed by atoms with van der Waals surface area (Å²) in [6.45, 7) is 1.03. The maximum atomic E-state index is 11.8. The van der Waals surface area contributed by atoms with Crippen LogP contribution in [0.2, 0.25) is 5.02 Å². The molecule has 0 aliphatic carbocycles. The highest BCUT2D eigenvalue weighted by Gasteiger charge is 2.10. The van der Waals surface area contributed by atoms with Gasteiger partial charge in [0.15, 0.2) is 13.2 Å². The third kappa shape index (κ3) is 6.45. The number of nitrogens with one attached hydrogen (secondary N) is 2. The van der Waals surface area contributed by atoms with Crippen molar-refractivity contribution in [3.63, 3.8) is 0 Å². The van der Waals surface area contributed by atoms with E-state index in [9.17, 15) is 14.4 Å². The Morgan fingerprint density at radius 1 is 1.00 bits per heavy atom. The molecule has 0 aliphatic rings. The molecule has 7 nitrogen and oxygen atoms in total. The second-order valence-corrected chi connectivity index (χ2v) is 5.71. The van der Waals surface area contributed by atoms with E-state index in [4.69, 9.17) is 21.1 Å². The third-order valence-electron chi connectivity index (χ3n) is 3.13. The number of hydrogen-bond donors (Lipinski definition) is 2. The van der Waals surface area contributed by atoms with Crippen LogP contribution in [0.5, 0.6) is 5.75 Å². The van der Waals surface area contributed by atoms with Crippen molar-refractivity contribution in [2.45, 2.75) is 6.92 Å². The molecule has 0 atom stereocenters. The van der Waals surface area contributed by atoms with Gasteiger partial charge in [-0.05, 0) is 48.9 Å². The predicted molar refractivity (Wildman–Crippen MR) is 94.7 cm³/mol. The molecule has 26 heavy (non-hydrogen) atoms. The number of aryl methyl sites for hydroxylation is 1. The molecule has 2 amide bonds. The molecule has 8 heteroatoms. The zero-order valence-electron chi connectivity index (χ0n) is 14.0. The van der Waals surface area contributed by atoms with Crippen LogP contribution >= 0.6 is 11.6 Å². The molecule has 0 unspecified atom stereocenters. The Morgan fingerprint density at radius 2 is 1.73 bits per heavy atom. The minimum Gasteiger partial charge on any atom is -0.482 e. The van der Waals surface area contributed by atoms with Gasteiger partial charge in [-0.2, -0.15) is 0 Å². The van der Waals surface area contributed by atoms with Crippen molar-refractivity contribution in [2.24, 2.45) is 0 Å². The van der Waals surface area contributed by atoms with Crippen molar-refractivity contribution in [3.05, 3.63) is 64.7 Å². The fraction of sp³-hybridized carbons (Fsp3) is 0.167. The molecule has 2 N–H and O–H groups in total. The molecular formula is C18H17ClN2O5. The van der Waals surface area contributed by atoms with Gasteiger partial charge in [-0.25, -0.2) is 4.79 Å². The first kappa shape index (κ1) is 19.3. The zero-order chi connectivity index (χ0) is 18.9. The van der Waals surface area contributed by atoms with E-state index >= 15 is 0 Å². The highest BCUT2D eigenvalue weighted by molar-refractivity contribution is 6.30. The van der Waals surface area contributed by atoms with E-state index in [0.29, 0.717) is 16.3 Å². The van der Waals surface area contributed by atoms with Gasteiger partial charge in [-0.1, -0.05) is 23.7 Å². The Balaban J connectivity index is 1.67. The van der Waals surface area contributed by atoms with Crippen molar-refractivity contribution in [1.82, 2.24) is 10.9 Å². The van der Waals surface area contributed by atoms with Crippen molar-refractivity contribution in [3.8, 4) is 5.75 Å². The summed E-state index contributed by atoms with van der Waals surface area (Å²) < 4.78 is 10.0. The first-order chi connectivity index (χ1) is 12.4. The SMILES string of the molecule is Cc1cccc(OCC(=O)OCC(=O)NNC(=O)c2ccc(Cl)cc2)c1. The first-order valence-electron chi connectivity index (χ1n) is 7.64. The Labute approximate surface area is 155 Å². The average molecular weight is 377 g/mol. The van der Waals surface area contributed by atoms with E-state index in [1.807, 2.05) is 13.0 Å². The van der Waals surface area contributed by atoms with Crippen LogP contribution in [0.3, 0.4) is 0 Å². The number of ether oxygens (including phenoxy) is 2. The fourth-order valence-electron chi connectivity index (χ4n) is 1.87. The quantitative estimate of drug-likeness (QED) is 0.594. The molecule has 2 aromatic carbocycles. The number of amides is 2. The Bertz CT molecular complexity index is 792. The lowest BCUT2D eigenvalue weighted by Crippen LogP contribution is -2.43. The van der Waals surface area contributed by atoms with E-state index in [1.165, 1.54) is 12.1 Å². The molecule has 136 valence electrons. The summed E-state index contributed by atoms with van der Waals surface area (Å²) in [7, 11) is 0. The van der Waals surface area contributed by atoms with Gasteiger partial charge in [0.2, 0.25) is 0 Å². The van der Waals surface area contributed by atoms with E-state index < -0.39 is 24.4 Å². The number of rotatable bonds is 6. The molecule has 0 spiro atoms. The lowest BCUT2D eigenvalue weighted by molar-refractivity contribution is -0.150. The summed E-state index contributed by atoms with van der Waals surface area (Å²) in [6, 6.07) is 13.3. The molecule has 0 radical (unpaired) electrons. The number of benzene rings is 2. The normalized spacial score (nSPS) is 9.92. The summed E-state index contributed by atoms with van der Waals surface area (Å²) in [6.07, 6.45) is 0. The van der Waals surface area contributed by atoms with Crippen molar-refractivity contribution in [1.29, 1.82) is 0 Å². The molecule has 0 aliphatic heterocycles. The zero-order valence-corrected chi connectivity index (χ0v) is 14.7. The summed E-state index contributed by atoms with van der Waals surface area (Å²) in [5.74, 6) is -1.38. The second-order valence-electron chi connectivity index (χ2n) is 5.28. The maximum absolute atomic E-state index is 11.8.